The summed E-state index contributed by atoms with van der Waals surface area (Å²) in [6.07, 6.45) is -2.32. The number of allylic oxidation sites excluding steroid dienone is 1. The van der Waals surface area contributed by atoms with Crippen LogP contribution in [-0.2, 0) is 10.2 Å². The Bertz CT molecular complexity index is 2500. The second kappa shape index (κ2) is 11.6. The van der Waals surface area contributed by atoms with Crippen LogP contribution in [0.5, 0.6) is 23.0 Å². The molecule has 0 radical (unpaired) electrons. The summed E-state index contributed by atoms with van der Waals surface area (Å²) in [5.74, 6) is -1.98. The number of pyridine rings is 1. The van der Waals surface area contributed by atoms with Crippen LogP contribution in [-0.4, -0.2) is 66.1 Å². The molecule has 3 aliphatic rings. The molecule has 0 unspecified atom stereocenters. The average molecular weight is 730 g/mol. The van der Waals surface area contributed by atoms with Gasteiger partial charge in [-0.15, -0.1) is 13.2 Å². The monoisotopic (exact) mass is 729 g/mol. The number of benzene rings is 2. The Hall–Kier alpha value is -6.39. The first-order valence-corrected chi connectivity index (χ1v) is 16.5. The van der Waals surface area contributed by atoms with Crippen molar-refractivity contribution in [2.75, 3.05) is 18.0 Å². The summed E-state index contributed by atoms with van der Waals surface area (Å²) in [4.78, 5) is 53.2. The molecule has 0 spiro atoms. The van der Waals surface area contributed by atoms with E-state index >= 15 is 0 Å². The van der Waals surface area contributed by atoms with Crippen LogP contribution >= 0.6 is 0 Å². The fourth-order valence-electron chi connectivity index (χ4n) is 7.36. The topological polar surface area (TPSA) is 199 Å². The number of alkyl halides is 3. The van der Waals surface area contributed by atoms with Gasteiger partial charge in [-0.3, -0.25) is 19.4 Å². The molecule has 1 fully saturated rings. The number of ketones is 1. The molecular formula is C36H30F3N7O7. The highest BCUT2D eigenvalue weighted by atomic mass is 19.4. The molecule has 1 aliphatic carbocycles. The van der Waals surface area contributed by atoms with Crippen molar-refractivity contribution in [2.45, 2.75) is 45.4 Å². The van der Waals surface area contributed by atoms with Gasteiger partial charge in [-0.05, 0) is 70.0 Å². The summed E-state index contributed by atoms with van der Waals surface area (Å²) < 4.78 is 50.0. The van der Waals surface area contributed by atoms with E-state index in [2.05, 4.69) is 24.8 Å². The zero-order valence-electron chi connectivity index (χ0n) is 28.3. The number of hydrogen-bond acceptors (Lipinski definition) is 11. The lowest BCUT2D eigenvalue weighted by molar-refractivity contribution is -0.274. The molecule has 5 heterocycles. The van der Waals surface area contributed by atoms with Crippen molar-refractivity contribution in [2.24, 2.45) is 11.7 Å². The molecule has 1 atom stereocenters. The first-order valence-electron chi connectivity index (χ1n) is 16.5. The second-order valence-corrected chi connectivity index (χ2v) is 13.4. The van der Waals surface area contributed by atoms with Crippen molar-refractivity contribution >= 4 is 34.7 Å². The number of piperidine rings is 1. The van der Waals surface area contributed by atoms with Crippen LogP contribution in [0.4, 0.5) is 19.1 Å². The number of carbonyl (C=O) groups excluding carboxylic acids is 2. The first-order chi connectivity index (χ1) is 25.1. The Morgan fingerprint density at radius 2 is 1.74 bits per heavy atom. The van der Waals surface area contributed by atoms with E-state index in [9.17, 15) is 37.8 Å². The number of nitrogens with two attached hydrogens (primary N) is 1. The van der Waals surface area contributed by atoms with E-state index in [0.717, 1.165) is 12.1 Å². The van der Waals surface area contributed by atoms with Crippen LogP contribution in [0.1, 0.15) is 52.6 Å². The molecule has 8 rings (SSSR count). The van der Waals surface area contributed by atoms with E-state index < -0.39 is 28.9 Å². The number of hydrogen-bond donors (Lipinski definition) is 4. The van der Waals surface area contributed by atoms with Crippen molar-refractivity contribution < 1.29 is 42.4 Å². The van der Waals surface area contributed by atoms with Gasteiger partial charge in [0.25, 0.3) is 5.56 Å². The molecule has 0 saturated carbocycles. The van der Waals surface area contributed by atoms with Crippen LogP contribution < -0.4 is 25.7 Å². The minimum Gasteiger partial charge on any atom is -0.507 e. The van der Waals surface area contributed by atoms with Crippen molar-refractivity contribution in [1.82, 2.24) is 24.7 Å². The zero-order valence-corrected chi connectivity index (χ0v) is 28.3. The van der Waals surface area contributed by atoms with Crippen LogP contribution in [0.2, 0.25) is 0 Å². The summed E-state index contributed by atoms with van der Waals surface area (Å²) in [6.45, 7) is 5.53. The van der Waals surface area contributed by atoms with E-state index in [4.69, 9.17) is 10.5 Å². The number of aromatic amines is 1. The largest absolute Gasteiger partial charge is 0.573 e. The molecule has 1 saturated heterocycles. The summed E-state index contributed by atoms with van der Waals surface area (Å²) in [7, 11) is 0. The molecule has 2 aliphatic heterocycles. The summed E-state index contributed by atoms with van der Waals surface area (Å²) in [6, 6.07) is 7.96. The maximum absolute atomic E-state index is 14.5. The SMILES string of the molecule is Cc1nn(-c2ccc(OC(F)(F)F)cc2)c2c1C(=O)[C@@]1(C)C(=C2)Oc2c(-c3ccc4c(=O)[nH]c(N5CCC(C(N)=O)CC5)nc4n3)c(O)c(C)c(O)c21. The summed E-state index contributed by atoms with van der Waals surface area (Å²) >= 11 is 0. The molecule has 5 aromatic rings. The third-order valence-corrected chi connectivity index (χ3v) is 10.2. The maximum atomic E-state index is 14.5. The van der Waals surface area contributed by atoms with Gasteiger partial charge in [0.1, 0.15) is 34.2 Å². The molecule has 0 bridgehead atoms. The van der Waals surface area contributed by atoms with Crippen molar-refractivity contribution in [3.05, 3.63) is 80.6 Å². The van der Waals surface area contributed by atoms with E-state index in [0.29, 0.717) is 43.0 Å². The molecule has 1 amide bonds. The van der Waals surface area contributed by atoms with Crippen LogP contribution in [0.3, 0.4) is 0 Å². The van der Waals surface area contributed by atoms with Crippen LogP contribution in [0, 0.1) is 19.8 Å². The zero-order chi connectivity index (χ0) is 37.7. The van der Waals surface area contributed by atoms with Crippen molar-refractivity contribution in [3.8, 4) is 39.9 Å². The minimum atomic E-state index is -4.87. The number of fused-ring (bicyclic) bond motifs is 5. The molecule has 272 valence electrons. The number of carbonyl (C=O) groups is 2. The quantitative estimate of drug-likeness (QED) is 0.196. The Morgan fingerprint density at radius 3 is 2.40 bits per heavy atom. The number of amides is 1. The predicted molar refractivity (Wildman–Crippen MR) is 183 cm³/mol. The van der Waals surface area contributed by atoms with Gasteiger partial charge in [-0.25, -0.2) is 9.67 Å². The van der Waals surface area contributed by atoms with E-state index in [1.165, 1.54) is 35.9 Å². The Labute approximate surface area is 297 Å². The average Bonchev–Trinajstić information content (AvgIpc) is 3.60. The predicted octanol–water partition coefficient (Wildman–Crippen LogP) is 4.69. The third-order valence-electron chi connectivity index (χ3n) is 10.2. The Balaban J connectivity index is 1.22. The lowest BCUT2D eigenvalue weighted by atomic mass is 9.71. The fourth-order valence-corrected chi connectivity index (χ4v) is 7.36. The van der Waals surface area contributed by atoms with E-state index in [1.807, 2.05) is 4.90 Å². The van der Waals surface area contributed by atoms with Crippen LogP contribution in [0.15, 0.2) is 47.0 Å². The van der Waals surface area contributed by atoms with Crippen molar-refractivity contribution in [1.29, 1.82) is 0 Å². The summed E-state index contributed by atoms with van der Waals surface area (Å²) in [5.41, 5.74) is 4.98. The molecule has 5 N–H and O–H groups in total. The highest BCUT2D eigenvalue weighted by Gasteiger charge is 2.55. The molecule has 17 heteroatoms. The molecule has 3 aromatic heterocycles. The number of aromatic nitrogens is 5. The first kappa shape index (κ1) is 33.7. The number of nitrogens with one attached hydrogen (secondary N) is 1. The van der Waals surface area contributed by atoms with Gasteiger partial charge in [0, 0.05) is 30.6 Å². The number of aromatic hydroxyl groups is 2. The Kier molecular flexibility index (Phi) is 7.36. The fraction of sp³-hybridized carbons (Fsp3) is 0.278. The minimum absolute atomic E-state index is 0.0332. The smallest absolute Gasteiger partial charge is 0.507 e. The van der Waals surface area contributed by atoms with E-state index in [1.54, 1.807) is 19.9 Å². The number of rotatable bonds is 5. The number of nitrogens with zero attached hydrogens (tertiary/aromatic N) is 5. The van der Waals surface area contributed by atoms with Gasteiger partial charge in [-0.1, -0.05) is 0 Å². The molecule has 14 nitrogen and oxygen atoms in total. The molecule has 2 aromatic carbocycles. The number of anilines is 1. The number of ether oxygens (including phenoxy) is 2. The van der Waals surface area contributed by atoms with Crippen molar-refractivity contribution in [3.63, 3.8) is 0 Å². The third kappa shape index (κ3) is 5.16. The normalized spacial score (nSPS) is 18.3. The molecular weight excluding hydrogens is 699 g/mol. The van der Waals surface area contributed by atoms with Gasteiger partial charge >= 0.3 is 6.36 Å². The number of primary amides is 1. The second-order valence-electron chi connectivity index (χ2n) is 13.4. The van der Waals surface area contributed by atoms with E-state index in [-0.39, 0.29) is 79.8 Å². The standard InChI is InChI=1S/C36H30F3N7O7/c1-15-27(47)25(21-9-8-20-32(41-21)42-34(43-33(20)51)45-12-10-17(11-13-45)31(40)50)29-26(28(15)48)35(3)23(52-29)14-22-24(30(35)49)16(2)44-46(22)18-4-6-19(7-5-18)53-36(37,38)39/h4-9,14,17,47-48H,10-13H2,1-3H3,(H2,40,50)(H,41,42,43,51)/t35-/m0/s1. The number of halogens is 3. The lowest BCUT2D eigenvalue weighted by Gasteiger charge is -2.30. The van der Waals surface area contributed by atoms with Crippen LogP contribution in [0.25, 0.3) is 34.1 Å². The summed E-state index contributed by atoms with van der Waals surface area (Å²) in [5, 5.41) is 27.7. The maximum Gasteiger partial charge on any atom is 0.573 e. The number of aryl methyl sites for hydroxylation is 1. The molecule has 53 heavy (non-hydrogen) atoms. The lowest BCUT2D eigenvalue weighted by Crippen LogP contribution is -2.40. The van der Waals surface area contributed by atoms with Gasteiger partial charge in [0.15, 0.2) is 11.4 Å². The Morgan fingerprint density at radius 1 is 1.04 bits per heavy atom. The number of phenols is 2. The number of phenolic OH excluding ortho intramolecular Hbond substituents is 2. The highest BCUT2D eigenvalue weighted by molar-refractivity contribution is 6.14. The van der Waals surface area contributed by atoms with Gasteiger partial charge < -0.3 is 30.3 Å². The van der Waals surface area contributed by atoms with Gasteiger partial charge in [-0.2, -0.15) is 10.1 Å². The van der Waals surface area contributed by atoms with Gasteiger partial charge in [0.05, 0.1) is 44.8 Å². The number of Topliss-reactive ketones (excluding diaryl/α,β-unsaturated/α-hetero) is 1. The highest BCUT2D eigenvalue weighted by Crippen LogP contribution is 2.60. The van der Waals surface area contributed by atoms with Gasteiger partial charge in [0.2, 0.25) is 11.9 Å². The number of H-pyrrole nitrogens is 1.